The Morgan fingerprint density at radius 1 is 1.08 bits per heavy atom. The fourth-order valence-corrected chi connectivity index (χ4v) is 5.97. The lowest BCUT2D eigenvalue weighted by molar-refractivity contribution is -0.141. The smallest absolute Gasteiger partial charge is 0.242 e. The number of hydrogen-bond donors (Lipinski definition) is 1. The number of aryl methyl sites for hydroxylation is 1. The summed E-state index contributed by atoms with van der Waals surface area (Å²) < 4.78 is 31.8. The number of sulfonamides is 1. The van der Waals surface area contributed by atoms with Crippen LogP contribution in [-0.4, -0.2) is 57.1 Å². The molecule has 2 aromatic carbocycles. The Morgan fingerprint density at radius 3 is 2.45 bits per heavy atom. The molecule has 0 aliphatic heterocycles. The first-order valence-electron chi connectivity index (χ1n) is 13.4. The molecule has 1 aliphatic carbocycles. The standard InChI is InChI=1S/C29H41N3O5S/c1-22-12-8-9-17-27(22)32(38(4,35)36)19-11-18-28(33)31(21-24-13-10-16-26(20-24)37-3)23(2)29(34)30-25-14-6-5-7-15-25/h8-10,12-13,16-17,20,23,25H,5-7,11,14-15,18-19,21H2,1-4H3,(H,30,34). The number of methoxy groups -OCH3 is 1. The Morgan fingerprint density at radius 2 is 1.79 bits per heavy atom. The van der Waals surface area contributed by atoms with Crippen LogP contribution in [-0.2, 0) is 26.2 Å². The van der Waals surface area contributed by atoms with E-state index in [-0.39, 0.29) is 37.4 Å². The zero-order chi connectivity index (χ0) is 27.7. The molecule has 1 aliphatic rings. The van der Waals surface area contributed by atoms with Gasteiger partial charge in [0.05, 0.1) is 19.1 Å². The molecule has 1 fully saturated rings. The Balaban J connectivity index is 1.74. The van der Waals surface area contributed by atoms with Crippen LogP contribution >= 0.6 is 0 Å². The van der Waals surface area contributed by atoms with Crippen molar-refractivity contribution in [1.29, 1.82) is 0 Å². The van der Waals surface area contributed by atoms with Gasteiger partial charge < -0.3 is 15.0 Å². The van der Waals surface area contributed by atoms with Crippen LogP contribution in [0.1, 0.15) is 63.0 Å². The third kappa shape index (κ3) is 8.21. The molecule has 8 nitrogen and oxygen atoms in total. The molecule has 3 rings (SSSR count). The first-order chi connectivity index (χ1) is 18.1. The predicted octanol–water partition coefficient (Wildman–Crippen LogP) is 4.42. The van der Waals surface area contributed by atoms with Crippen LogP contribution in [0, 0.1) is 6.92 Å². The Kier molecular flexibility index (Phi) is 10.6. The first kappa shape index (κ1) is 29.5. The van der Waals surface area contributed by atoms with Gasteiger partial charge in [0.1, 0.15) is 11.8 Å². The number of hydrogen-bond acceptors (Lipinski definition) is 5. The summed E-state index contributed by atoms with van der Waals surface area (Å²) in [6.07, 6.45) is 6.93. The molecule has 0 bridgehead atoms. The summed E-state index contributed by atoms with van der Waals surface area (Å²) in [6.45, 7) is 4.04. The maximum absolute atomic E-state index is 13.5. The van der Waals surface area contributed by atoms with Crippen molar-refractivity contribution in [3.8, 4) is 5.75 Å². The summed E-state index contributed by atoms with van der Waals surface area (Å²) in [6, 6.07) is 14.2. The van der Waals surface area contributed by atoms with Gasteiger partial charge in [0.25, 0.3) is 0 Å². The van der Waals surface area contributed by atoms with Gasteiger partial charge in [-0.3, -0.25) is 13.9 Å². The van der Waals surface area contributed by atoms with Gasteiger partial charge in [-0.2, -0.15) is 0 Å². The average Bonchev–Trinajstić information content (AvgIpc) is 2.90. The van der Waals surface area contributed by atoms with Crippen molar-refractivity contribution in [1.82, 2.24) is 10.2 Å². The van der Waals surface area contributed by atoms with Gasteiger partial charge >= 0.3 is 0 Å². The molecule has 1 saturated carbocycles. The van der Waals surface area contributed by atoms with Crippen LogP contribution in [0.15, 0.2) is 48.5 Å². The van der Waals surface area contributed by atoms with Crippen LogP contribution in [0.5, 0.6) is 5.75 Å². The molecule has 0 spiro atoms. The van der Waals surface area contributed by atoms with Gasteiger partial charge in [-0.1, -0.05) is 49.6 Å². The predicted molar refractivity (Wildman–Crippen MR) is 151 cm³/mol. The highest BCUT2D eigenvalue weighted by Gasteiger charge is 2.28. The molecule has 208 valence electrons. The zero-order valence-electron chi connectivity index (χ0n) is 23.0. The van der Waals surface area contributed by atoms with Gasteiger partial charge in [-0.25, -0.2) is 8.42 Å². The van der Waals surface area contributed by atoms with E-state index in [1.807, 2.05) is 43.3 Å². The van der Waals surface area contributed by atoms with Gasteiger partial charge in [-0.15, -0.1) is 0 Å². The largest absolute Gasteiger partial charge is 0.497 e. The maximum atomic E-state index is 13.5. The quantitative estimate of drug-likeness (QED) is 0.428. The van der Waals surface area contributed by atoms with E-state index in [1.54, 1.807) is 31.1 Å². The second-order valence-corrected chi connectivity index (χ2v) is 12.0. The number of anilines is 1. The number of rotatable bonds is 12. The van der Waals surface area contributed by atoms with Crippen LogP contribution in [0.2, 0.25) is 0 Å². The fourth-order valence-electron chi connectivity index (χ4n) is 4.94. The summed E-state index contributed by atoms with van der Waals surface area (Å²) in [5.74, 6) is 0.319. The van der Waals surface area contributed by atoms with E-state index in [4.69, 9.17) is 4.74 Å². The van der Waals surface area contributed by atoms with Gasteiger partial charge in [0, 0.05) is 25.6 Å². The second kappa shape index (κ2) is 13.6. The van der Waals surface area contributed by atoms with Crippen molar-refractivity contribution in [3.05, 3.63) is 59.7 Å². The van der Waals surface area contributed by atoms with Crippen LogP contribution in [0.3, 0.4) is 0 Å². The number of carbonyl (C=O) groups is 2. The van der Waals surface area contributed by atoms with E-state index >= 15 is 0 Å². The zero-order valence-corrected chi connectivity index (χ0v) is 23.8. The third-order valence-corrected chi connectivity index (χ3v) is 8.32. The van der Waals surface area contributed by atoms with Crippen LogP contribution < -0.4 is 14.4 Å². The van der Waals surface area contributed by atoms with E-state index < -0.39 is 16.1 Å². The molecule has 1 atom stereocenters. The Hall–Kier alpha value is -3.07. The number of nitrogens with zero attached hydrogens (tertiary/aromatic N) is 2. The van der Waals surface area contributed by atoms with Crippen molar-refractivity contribution >= 4 is 27.5 Å². The number of benzene rings is 2. The monoisotopic (exact) mass is 543 g/mol. The minimum atomic E-state index is -3.53. The fraction of sp³-hybridized carbons (Fsp3) is 0.517. The molecule has 0 heterocycles. The number of amides is 2. The normalized spacial score (nSPS) is 14.9. The van der Waals surface area contributed by atoms with Crippen molar-refractivity contribution in [2.75, 3.05) is 24.2 Å². The molecule has 2 aromatic rings. The van der Waals surface area contributed by atoms with E-state index in [9.17, 15) is 18.0 Å². The summed E-state index contributed by atoms with van der Waals surface area (Å²) >= 11 is 0. The lowest BCUT2D eigenvalue weighted by atomic mass is 9.95. The van der Waals surface area contributed by atoms with E-state index in [0.29, 0.717) is 17.9 Å². The lowest BCUT2D eigenvalue weighted by Gasteiger charge is -2.31. The minimum Gasteiger partial charge on any atom is -0.497 e. The van der Waals surface area contributed by atoms with E-state index in [1.165, 1.54) is 17.0 Å². The highest BCUT2D eigenvalue weighted by molar-refractivity contribution is 7.92. The molecule has 0 aromatic heterocycles. The molecular formula is C29H41N3O5S. The van der Waals surface area contributed by atoms with E-state index in [0.717, 1.165) is 36.8 Å². The topological polar surface area (TPSA) is 96.0 Å². The number of para-hydroxylation sites is 1. The second-order valence-electron chi connectivity index (χ2n) is 10.1. The van der Waals surface area contributed by atoms with Gasteiger partial charge in [0.2, 0.25) is 21.8 Å². The lowest BCUT2D eigenvalue weighted by Crippen LogP contribution is -2.50. The SMILES string of the molecule is COc1cccc(CN(C(=O)CCCN(c2ccccc2C)S(C)(=O)=O)C(C)C(=O)NC2CCCCC2)c1. The molecule has 0 saturated heterocycles. The number of nitrogens with one attached hydrogen (secondary N) is 1. The van der Waals surface area contributed by atoms with Crippen molar-refractivity contribution in [2.24, 2.45) is 0 Å². The maximum Gasteiger partial charge on any atom is 0.242 e. The number of ether oxygens (including phenoxy) is 1. The first-order valence-corrected chi connectivity index (χ1v) is 15.2. The van der Waals surface area contributed by atoms with E-state index in [2.05, 4.69) is 5.32 Å². The molecule has 1 N–H and O–H groups in total. The molecule has 1 unspecified atom stereocenters. The highest BCUT2D eigenvalue weighted by Crippen LogP contribution is 2.23. The average molecular weight is 544 g/mol. The highest BCUT2D eigenvalue weighted by atomic mass is 32.2. The molecule has 0 radical (unpaired) electrons. The van der Waals surface area contributed by atoms with Gasteiger partial charge in [-0.05, 0) is 62.4 Å². The molecule has 9 heteroatoms. The summed E-state index contributed by atoms with van der Waals surface area (Å²) in [5.41, 5.74) is 2.31. The molecular weight excluding hydrogens is 502 g/mol. The molecule has 38 heavy (non-hydrogen) atoms. The van der Waals surface area contributed by atoms with Gasteiger partial charge in [0.15, 0.2) is 0 Å². The van der Waals surface area contributed by atoms with Crippen LogP contribution in [0.25, 0.3) is 0 Å². The van der Waals surface area contributed by atoms with Crippen LogP contribution in [0.4, 0.5) is 5.69 Å². The summed E-state index contributed by atoms with van der Waals surface area (Å²) in [4.78, 5) is 28.3. The number of carbonyl (C=O) groups excluding carboxylic acids is 2. The Bertz CT molecular complexity index is 1190. The summed E-state index contributed by atoms with van der Waals surface area (Å²) in [7, 11) is -1.94. The van der Waals surface area contributed by atoms with Crippen molar-refractivity contribution in [2.45, 2.75) is 77.4 Å². The Labute approximate surface area is 227 Å². The third-order valence-electron chi connectivity index (χ3n) is 7.14. The summed E-state index contributed by atoms with van der Waals surface area (Å²) in [5, 5.41) is 3.14. The van der Waals surface area contributed by atoms with Crippen molar-refractivity contribution in [3.63, 3.8) is 0 Å². The van der Waals surface area contributed by atoms with Crippen molar-refractivity contribution < 1.29 is 22.7 Å². The molecule has 2 amide bonds. The minimum absolute atomic E-state index is 0.114.